The van der Waals surface area contributed by atoms with E-state index in [4.69, 9.17) is 23.2 Å². The molecule has 6 rings (SSSR count). The van der Waals surface area contributed by atoms with Crippen molar-refractivity contribution < 1.29 is 14.4 Å². The minimum absolute atomic E-state index is 0.0411. The molecule has 1 aliphatic heterocycles. The van der Waals surface area contributed by atoms with Crippen molar-refractivity contribution in [2.75, 3.05) is 16.0 Å². The van der Waals surface area contributed by atoms with Crippen LogP contribution in [-0.2, 0) is 22.4 Å². The second-order valence-electron chi connectivity index (χ2n) is 10.8. The Labute approximate surface area is 287 Å². The zero-order valence-corrected chi connectivity index (χ0v) is 27.4. The average Bonchev–Trinajstić information content (AvgIpc) is 3.26. The summed E-state index contributed by atoms with van der Waals surface area (Å²) in [6.07, 6.45) is 3.17. The highest BCUT2D eigenvalue weighted by Crippen LogP contribution is 2.37. The number of aryl methyl sites for hydroxylation is 2. The number of thioether (sulfide) groups is 1. The standard InChI is InChI=1S/C38H29Cl2N3O3S/c39-31-16-9-17-32(40)30(31)23-33(42-37(45)27-12-2-1-3-13-27)38(46)41-28-14-8-15-29(22-28)47-24-36(44)43-34-18-6-4-10-25(34)20-21-26-11-5-7-19-35(26)43/h1-19,22-23H,20-21,24H2,(H,41,46)(H,42,45)/b33-23-. The molecule has 0 aliphatic carbocycles. The lowest BCUT2D eigenvalue weighted by atomic mass is 10.0. The highest BCUT2D eigenvalue weighted by atomic mass is 35.5. The van der Waals surface area contributed by atoms with E-state index in [9.17, 15) is 14.4 Å². The predicted octanol–water partition coefficient (Wildman–Crippen LogP) is 8.96. The number of amides is 3. The fourth-order valence-corrected chi connectivity index (χ4v) is 6.67. The second-order valence-corrected chi connectivity index (χ2v) is 12.6. The average molecular weight is 679 g/mol. The lowest BCUT2D eigenvalue weighted by Crippen LogP contribution is -2.30. The Morgan fingerprint density at radius 3 is 1.98 bits per heavy atom. The normalized spacial score (nSPS) is 12.4. The number of hydrogen-bond donors (Lipinski definition) is 2. The number of anilines is 3. The molecule has 0 atom stereocenters. The van der Waals surface area contributed by atoms with Crippen LogP contribution in [0.25, 0.3) is 6.08 Å². The molecule has 0 unspecified atom stereocenters. The van der Waals surface area contributed by atoms with E-state index in [0.717, 1.165) is 40.2 Å². The first-order valence-electron chi connectivity index (χ1n) is 14.9. The topological polar surface area (TPSA) is 78.5 Å². The van der Waals surface area contributed by atoms with Crippen LogP contribution in [0.4, 0.5) is 17.1 Å². The molecule has 0 spiro atoms. The van der Waals surface area contributed by atoms with Crippen molar-refractivity contribution in [2.24, 2.45) is 0 Å². The van der Waals surface area contributed by atoms with Gasteiger partial charge in [0, 0.05) is 31.8 Å². The lowest BCUT2D eigenvalue weighted by Gasteiger charge is -2.25. The van der Waals surface area contributed by atoms with Crippen LogP contribution in [0.15, 0.2) is 132 Å². The number of rotatable bonds is 8. The summed E-state index contributed by atoms with van der Waals surface area (Å²) in [5, 5.41) is 6.23. The van der Waals surface area contributed by atoms with Gasteiger partial charge >= 0.3 is 0 Å². The van der Waals surface area contributed by atoms with E-state index < -0.39 is 11.8 Å². The molecule has 0 radical (unpaired) electrons. The maximum Gasteiger partial charge on any atom is 0.272 e. The van der Waals surface area contributed by atoms with E-state index in [1.54, 1.807) is 66.7 Å². The number of carbonyl (C=O) groups is 3. The SMILES string of the molecule is O=C(Nc1cccc(SCC(=O)N2c3ccccc3CCc3ccccc32)c1)/C(=C/c1c(Cl)cccc1Cl)NC(=O)c1ccccc1. The molecule has 1 heterocycles. The maximum atomic E-state index is 13.8. The Bertz CT molecular complexity index is 1930. The molecule has 5 aromatic rings. The van der Waals surface area contributed by atoms with Crippen molar-refractivity contribution >= 4 is 75.8 Å². The van der Waals surface area contributed by atoms with Gasteiger partial charge in [-0.2, -0.15) is 0 Å². The zero-order chi connectivity index (χ0) is 32.8. The molecule has 2 N–H and O–H groups in total. The number of nitrogens with one attached hydrogen (secondary N) is 2. The van der Waals surface area contributed by atoms with Crippen LogP contribution in [0.1, 0.15) is 27.0 Å². The van der Waals surface area contributed by atoms with Gasteiger partial charge in [-0.25, -0.2) is 0 Å². The predicted molar refractivity (Wildman–Crippen MR) is 192 cm³/mol. The largest absolute Gasteiger partial charge is 0.321 e. The number of para-hydroxylation sites is 2. The summed E-state index contributed by atoms with van der Waals surface area (Å²) in [6, 6.07) is 36.8. The number of fused-ring (bicyclic) bond motifs is 2. The Balaban J connectivity index is 1.21. The zero-order valence-electron chi connectivity index (χ0n) is 25.1. The molecule has 0 saturated heterocycles. The molecule has 1 aliphatic rings. The van der Waals surface area contributed by atoms with Crippen LogP contribution in [-0.4, -0.2) is 23.5 Å². The summed E-state index contributed by atoms with van der Waals surface area (Å²) in [6.45, 7) is 0. The number of benzene rings is 5. The van der Waals surface area contributed by atoms with Gasteiger partial charge in [0.2, 0.25) is 5.91 Å². The van der Waals surface area contributed by atoms with Crippen molar-refractivity contribution in [1.82, 2.24) is 5.32 Å². The summed E-state index contributed by atoms with van der Waals surface area (Å²) >= 11 is 14.2. The van der Waals surface area contributed by atoms with Crippen LogP contribution >= 0.6 is 35.0 Å². The van der Waals surface area contributed by atoms with Gasteiger partial charge in [-0.1, -0.05) is 89.9 Å². The molecule has 47 heavy (non-hydrogen) atoms. The number of carbonyl (C=O) groups excluding carboxylic acids is 3. The van der Waals surface area contributed by atoms with Gasteiger partial charge < -0.3 is 10.6 Å². The van der Waals surface area contributed by atoms with E-state index in [1.807, 2.05) is 47.4 Å². The van der Waals surface area contributed by atoms with Crippen LogP contribution in [0, 0.1) is 0 Å². The third-order valence-corrected chi connectivity index (χ3v) is 9.29. The monoisotopic (exact) mass is 677 g/mol. The van der Waals surface area contributed by atoms with E-state index in [0.29, 0.717) is 26.9 Å². The van der Waals surface area contributed by atoms with Gasteiger partial charge in [0.15, 0.2) is 0 Å². The van der Waals surface area contributed by atoms with Gasteiger partial charge in [0.25, 0.3) is 11.8 Å². The van der Waals surface area contributed by atoms with Gasteiger partial charge in [-0.15, -0.1) is 11.8 Å². The summed E-state index contributed by atoms with van der Waals surface area (Å²) in [5.41, 5.74) is 5.30. The van der Waals surface area contributed by atoms with Crippen molar-refractivity contribution in [3.8, 4) is 0 Å². The minimum Gasteiger partial charge on any atom is -0.321 e. The highest BCUT2D eigenvalue weighted by Gasteiger charge is 2.25. The van der Waals surface area contributed by atoms with Crippen molar-refractivity contribution in [3.05, 3.63) is 159 Å². The summed E-state index contributed by atoms with van der Waals surface area (Å²) < 4.78 is 0. The van der Waals surface area contributed by atoms with E-state index in [-0.39, 0.29) is 17.4 Å². The molecule has 3 amide bonds. The maximum absolute atomic E-state index is 13.8. The van der Waals surface area contributed by atoms with Crippen molar-refractivity contribution in [1.29, 1.82) is 0 Å². The first kappa shape index (κ1) is 32.1. The second kappa shape index (κ2) is 14.7. The summed E-state index contributed by atoms with van der Waals surface area (Å²) in [7, 11) is 0. The Morgan fingerprint density at radius 1 is 0.723 bits per heavy atom. The molecule has 0 bridgehead atoms. The number of halogens is 2. The smallest absolute Gasteiger partial charge is 0.272 e. The van der Waals surface area contributed by atoms with Gasteiger partial charge in [-0.05, 0) is 84.6 Å². The lowest BCUT2D eigenvalue weighted by molar-refractivity contribution is -0.115. The Kier molecular flexibility index (Phi) is 10.1. The quantitative estimate of drug-likeness (QED) is 0.127. The van der Waals surface area contributed by atoms with Gasteiger partial charge in [-0.3, -0.25) is 19.3 Å². The summed E-state index contributed by atoms with van der Waals surface area (Å²) in [4.78, 5) is 43.1. The van der Waals surface area contributed by atoms with E-state index in [1.165, 1.54) is 17.8 Å². The van der Waals surface area contributed by atoms with E-state index >= 15 is 0 Å². The molecule has 5 aromatic carbocycles. The van der Waals surface area contributed by atoms with Gasteiger partial charge in [0.1, 0.15) is 5.70 Å². The van der Waals surface area contributed by atoms with Crippen LogP contribution in [0.2, 0.25) is 10.0 Å². The fourth-order valence-electron chi connectivity index (χ4n) is 5.36. The molecule has 0 saturated carbocycles. The molecule has 9 heteroatoms. The first-order valence-corrected chi connectivity index (χ1v) is 16.7. The fraction of sp³-hybridized carbons (Fsp3) is 0.0789. The molecular weight excluding hydrogens is 649 g/mol. The van der Waals surface area contributed by atoms with Crippen LogP contribution < -0.4 is 15.5 Å². The first-order chi connectivity index (χ1) is 22.9. The summed E-state index contributed by atoms with van der Waals surface area (Å²) in [5.74, 6) is -0.892. The highest BCUT2D eigenvalue weighted by molar-refractivity contribution is 8.00. The van der Waals surface area contributed by atoms with Crippen LogP contribution in [0.5, 0.6) is 0 Å². The third kappa shape index (κ3) is 7.60. The van der Waals surface area contributed by atoms with Crippen molar-refractivity contribution in [2.45, 2.75) is 17.7 Å². The van der Waals surface area contributed by atoms with Gasteiger partial charge in [0.05, 0.1) is 17.1 Å². The van der Waals surface area contributed by atoms with E-state index in [2.05, 4.69) is 22.8 Å². The molecule has 0 aromatic heterocycles. The van der Waals surface area contributed by atoms with Crippen molar-refractivity contribution in [3.63, 3.8) is 0 Å². The molecule has 6 nitrogen and oxygen atoms in total. The Morgan fingerprint density at radius 2 is 1.32 bits per heavy atom. The Hall–Kier alpha value is -4.82. The molecule has 234 valence electrons. The molecule has 0 fully saturated rings. The van der Waals surface area contributed by atoms with Crippen LogP contribution in [0.3, 0.4) is 0 Å². The molecular formula is C38H29Cl2N3O3S. The number of hydrogen-bond acceptors (Lipinski definition) is 4. The minimum atomic E-state index is -0.568. The number of nitrogens with zero attached hydrogens (tertiary/aromatic N) is 1. The third-order valence-electron chi connectivity index (χ3n) is 7.65.